The topological polar surface area (TPSA) is 57.7 Å². The van der Waals surface area contributed by atoms with Gasteiger partial charge in [-0.25, -0.2) is 9.78 Å². The molecule has 0 spiro atoms. The normalized spacial score (nSPS) is 10.3. The number of hydrogen-bond donors (Lipinski definition) is 0. The van der Waals surface area contributed by atoms with Crippen LogP contribution in [0.2, 0.25) is 0 Å². The van der Waals surface area contributed by atoms with E-state index in [2.05, 4.69) is 9.72 Å². The van der Waals surface area contributed by atoms with Crippen molar-refractivity contribution in [3.8, 4) is 11.5 Å². The number of methoxy groups -OCH3 is 3. The van der Waals surface area contributed by atoms with E-state index >= 15 is 0 Å². The van der Waals surface area contributed by atoms with Gasteiger partial charge in [-0.2, -0.15) is 0 Å². The zero-order chi connectivity index (χ0) is 14.0. The molecule has 0 atom stereocenters. The van der Waals surface area contributed by atoms with E-state index in [1.807, 2.05) is 19.1 Å². The summed E-state index contributed by atoms with van der Waals surface area (Å²) in [7, 11) is 4.47. The molecule has 1 heterocycles. The molecule has 2 rings (SSSR count). The average molecular weight is 261 g/mol. The van der Waals surface area contributed by atoms with Crippen LogP contribution in [-0.4, -0.2) is 32.3 Å². The third-order valence-electron chi connectivity index (χ3n) is 2.89. The molecule has 0 unspecified atom stereocenters. The van der Waals surface area contributed by atoms with Gasteiger partial charge in [-0.05, 0) is 24.6 Å². The Bertz CT molecular complexity index is 637. The van der Waals surface area contributed by atoms with Gasteiger partial charge < -0.3 is 14.2 Å². The highest BCUT2D eigenvalue weighted by Gasteiger charge is 2.15. The zero-order valence-corrected chi connectivity index (χ0v) is 11.3. The maximum absolute atomic E-state index is 11.6. The average Bonchev–Trinajstić information content (AvgIpc) is 2.45. The smallest absolute Gasteiger partial charge is 0.356 e. The van der Waals surface area contributed by atoms with Crippen LogP contribution in [0.4, 0.5) is 0 Å². The number of carbonyl (C=O) groups excluding carboxylic acids is 1. The first-order chi connectivity index (χ1) is 9.10. The molecule has 0 saturated heterocycles. The molecule has 0 aliphatic heterocycles. The number of pyridine rings is 1. The van der Waals surface area contributed by atoms with Crippen molar-refractivity contribution in [2.45, 2.75) is 6.92 Å². The Kier molecular flexibility index (Phi) is 3.55. The largest absolute Gasteiger partial charge is 0.497 e. The Labute approximate surface area is 111 Å². The second kappa shape index (κ2) is 5.14. The molecule has 0 aliphatic rings. The van der Waals surface area contributed by atoms with Crippen LogP contribution in [0.1, 0.15) is 16.1 Å². The summed E-state index contributed by atoms with van der Waals surface area (Å²) in [6.45, 7) is 1.90. The Morgan fingerprint density at radius 2 is 1.84 bits per heavy atom. The fourth-order valence-electron chi connectivity index (χ4n) is 1.93. The third-order valence-corrected chi connectivity index (χ3v) is 2.89. The highest BCUT2D eigenvalue weighted by Crippen LogP contribution is 2.31. The number of aromatic nitrogens is 1. The molecule has 0 saturated carbocycles. The van der Waals surface area contributed by atoms with Crippen LogP contribution in [-0.2, 0) is 4.74 Å². The van der Waals surface area contributed by atoms with E-state index in [4.69, 9.17) is 9.47 Å². The Hall–Kier alpha value is -2.30. The lowest BCUT2D eigenvalue weighted by Crippen LogP contribution is -2.05. The van der Waals surface area contributed by atoms with Crippen LogP contribution in [0.3, 0.4) is 0 Å². The van der Waals surface area contributed by atoms with Crippen LogP contribution in [0, 0.1) is 6.92 Å². The van der Waals surface area contributed by atoms with E-state index in [1.54, 1.807) is 20.3 Å². The second-order valence-electron chi connectivity index (χ2n) is 4.04. The number of nitrogens with zero attached hydrogens (tertiary/aromatic N) is 1. The molecule has 0 N–H and O–H groups in total. The number of aryl methyl sites for hydroxylation is 1. The predicted molar refractivity (Wildman–Crippen MR) is 70.9 cm³/mol. The molecule has 1 aromatic carbocycles. The summed E-state index contributed by atoms with van der Waals surface area (Å²) in [4.78, 5) is 15.9. The second-order valence-corrected chi connectivity index (χ2v) is 4.04. The molecule has 0 radical (unpaired) electrons. The minimum atomic E-state index is -0.490. The van der Waals surface area contributed by atoms with Crippen LogP contribution in [0.5, 0.6) is 11.5 Å². The number of fused-ring (bicyclic) bond motifs is 1. The van der Waals surface area contributed by atoms with Gasteiger partial charge in [-0.15, -0.1) is 0 Å². The highest BCUT2D eigenvalue weighted by molar-refractivity contribution is 5.95. The Morgan fingerprint density at radius 3 is 2.42 bits per heavy atom. The molecule has 100 valence electrons. The first-order valence-corrected chi connectivity index (χ1v) is 5.72. The SMILES string of the molecule is COC(=O)c1cc(OC)c2cc(OC)cc(C)c2n1. The van der Waals surface area contributed by atoms with Crippen LogP contribution < -0.4 is 9.47 Å². The Balaban J connectivity index is 2.76. The van der Waals surface area contributed by atoms with Crippen molar-refractivity contribution in [3.63, 3.8) is 0 Å². The van der Waals surface area contributed by atoms with E-state index in [0.717, 1.165) is 16.7 Å². The maximum atomic E-state index is 11.6. The number of hydrogen-bond acceptors (Lipinski definition) is 5. The molecule has 0 bridgehead atoms. The first kappa shape index (κ1) is 13.1. The van der Waals surface area contributed by atoms with E-state index in [9.17, 15) is 4.79 Å². The van der Waals surface area contributed by atoms with Gasteiger partial charge in [0.05, 0.1) is 26.8 Å². The highest BCUT2D eigenvalue weighted by atomic mass is 16.5. The predicted octanol–water partition coefficient (Wildman–Crippen LogP) is 2.35. The number of ether oxygens (including phenoxy) is 3. The molecular weight excluding hydrogens is 246 g/mol. The monoisotopic (exact) mass is 261 g/mol. The first-order valence-electron chi connectivity index (χ1n) is 5.72. The quantitative estimate of drug-likeness (QED) is 0.794. The molecule has 19 heavy (non-hydrogen) atoms. The maximum Gasteiger partial charge on any atom is 0.356 e. The van der Waals surface area contributed by atoms with Gasteiger partial charge in [0.2, 0.25) is 0 Å². The van der Waals surface area contributed by atoms with E-state index in [1.165, 1.54) is 7.11 Å². The summed E-state index contributed by atoms with van der Waals surface area (Å²) in [6, 6.07) is 5.25. The van der Waals surface area contributed by atoms with Crippen molar-refractivity contribution >= 4 is 16.9 Å². The fraction of sp³-hybridized carbons (Fsp3) is 0.286. The molecule has 5 nitrogen and oxygen atoms in total. The van der Waals surface area contributed by atoms with Crippen LogP contribution in [0.25, 0.3) is 10.9 Å². The van der Waals surface area contributed by atoms with Gasteiger partial charge >= 0.3 is 5.97 Å². The van der Waals surface area contributed by atoms with E-state index in [0.29, 0.717) is 11.3 Å². The van der Waals surface area contributed by atoms with E-state index in [-0.39, 0.29) is 5.69 Å². The molecule has 5 heteroatoms. The van der Waals surface area contributed by atoms with E-state index < -0.39 is 5.97 Å². The van der Waals surface area contributed by atoms with Gasteiger partial charge in [0.1, 0.15) is 11.5 Å². The Morgan fingerprint density at radius 1 is 1.11 bits per heavy atom. The van der Waals surface area contributed by atoms with Crippen molar-refractivity contribution in [1.82, 2.24) is 4.98 Å². The summed E-state index contributed by atoms with van der Waals surface area (Å²) in [5.41, 5.74) is 1.82. The van der Waals surface area contributed by atoms with Crippen molar-refractivity contribution < 1.29 is 19.0 Å². The zero-order valence-electron chi connectivity index (χ0n) is 11.3. The fourth-order valence-corrected chi connectivity index (χ4v) is 1.93. The van der Waals surface area contributed by atoms with Crippen LogP contribution >= 0.6 is 0 Å². The lowest BCUT2D eigenvalue weighted by molar-refractivity contribution is 0.0594. The van der Waals surface area contributed by atoms with Crippen molar-refractivity contribution in [1.29, 1.82) is 0 Å². The summed E-state index contributed by atoms with van der Waals surface area (Å²) < 4.78 is 15.2. The number of rotatable bonds is 3. The number of carbonyl (C=O) groups is 1. The standard InChI is InChI=1S/C14H15NO4/c1-8-5-9(17-2)6-10-12(18-3)7-11(14(16)19-4)15-13(8)10/h5-7H,1-4H3. The molecule has 2 aromatic rings. The summed E-state index contributed by atoms with van der Waals surface area (Å²) in [5, 5.41) is 0.798. The van der Waals surface area contributed by atoms with Crippen LogP contribution in [0.15, 0.2) is 18.2 Å². The van der Waals surface area contributed by atoms with Gasteiger partial charge in [0, 0.05) is 11.5 Å². The summed E-state index contributed by atoms with van der Waals surface area (Å²) in [6.07, 6.45) is 0. The van der Waals surface area contributed by atoms with Crippen molar-refractivity contribution in [2.75, 3.05) is 21.3 Å². The van der Waals surface area contributed by atoms with Gasteiger partial charge in [-0.3, -0.25) is 0 Å². The van der Waals surface area contributed by atoms with Crippen molar-refractivity contribution in [2.24, 2.45) is 0 Å². The van der Waals surface area contributed by atoms with Gasteiger partial charge in [0.15, 0.2) is 5.69 Å². The number of esters is 1. The summed E-state index contributed by atoms with van der Waals surface area (Å²) in [5.74, 6) is 0.790. The summed E-state index contributed by atoms with van der Waals surface area (Å²) >= 11 is 0. The van der Waals surface area contributed by atoms with Gasteiger partial charge in [-0.1, -0.05) is 0 Å². The minimum absolute atomic E-state index is 0.222. The van der Waals surface area contributed by atoms with Gasteiger partial charge in [0.25, 0.3) is 0 Å². The number of benzene rings is 1. The molecular formula is C14H15NO4. The minimum Gasteiger partial charge on any atom is -0.497 e. The molecule has 0 aliphatic carbocycles. The molecule has 0 amide bonds. The lowest BCUT2D eigenvalue weighted by Gasteiger charge is -2.11. The third kappa shape index (κ3) is 2.31. The lowest BCUT2D eigenvalue weighted by atomic mass is 10.1. The van der Waals surface area contributed by atoms with Crippen molar-refractivity contribution in [3.05, 3.63) is 29.5 Å². The molecule has 1 aromatic heterocycles. The molecule has 0 fully saturated rings.